The maximum atomic E-state index is 12.1. The maximum Gasteiger partial charge on any atom is 0.408 e. The first-order chi connectivity index (χ1) is 8.20. The third-order valence-corrected chi connectivity index (χ3v) is 2.68. The molecule has 0 aliphatic heterocycles. The summed E-state index contributed by atoms with van der Waals surface area (Å²) in [4.78, 5) is 11.6. The van der Waals surface area contributed by atoms with Gasteiger partial charge in [0.25, 0.3) is 5.56 Å². The van der Waals surface area contributed by atoms with E-state index in [9.17, 15) is 18.0 Å². The van der Waals surface area contributed by atoms with Gasteiger partial charge in [0.2, 0.25) is 0 Å². The Kier molecular flexibility index (Phi) is 4.80. The van der Waals surface area contributed by atoms with Crippen LogP contribution in [-0.4, -0.2) is 22.5 Å². The van der Waals surface area contributed by atoms with Crippen LogP contribution in [0.15, 0.2) is 27.1 Å². The molecule has 1 rings (SSSR count). The summed E-state index contributed by atoms with van der Waals surface area (Å²) in [6.07, 6.45) is -3.40. The number of alkyl halides is 3. The van der Waals surface area contributed by atoms with Crippen LogP contribution >= 0.6 is 27.5 Å². The van der Waals surface area contributed by atoms with E-state index in [0.717, 1.165) is 6.20 Å². The third-order valence-electron chi connectivity index (χ3n) is 1.78. The van der Waals surface area contributed by atoms with E-state index >= 15 is 0 Å². The Bertz CT molecular complexity index is 515. The van der Waals surface area contributed by atoms with Gasteiger partial charge < -0.3 is 5.32 Å². The summed E-state index contributed by atoms with van der Waals surface area (Å²) in [5.41, 5.74) is -0.627. The second kappa shape index (κ2) is 5.75. The van der Waals surface area contributed by atoms with E-state index < -0.39 is 18.3 Å². The minimum absolute atomic E-state index is 0.0420. The van der Waals surface area contributed by atoms with Crippen molar-refractivity contribution in [1.82, 2.24) is 9.78 Å². The lowest BCUT2D eigenvalue weighted by atomic mass is 10.4. The lowest BCUT2D eigenvalue weighted by Gasteiger charge is -2.11. The van der Waals surface area contributed by atoms with Crippen LogP contribution in [0.3, 0.4) is 0 Å². The molecule has 1 aromatic heterocycles. The highest BCUT2D eigenvalue weighted by Gasteiger charge is 2.29. The summed E-state index contributed by atoms with van der Waals surface area (Å²) in [5.74, 6) is 0. The van der Waals surface area contributed by atoms with Crippen LogP contribution in [0.2, 0.25) is 0 Å². The van der Waals surface area contributed by atoms with Gasteiger partial charge in [-0.05, 0) is 15.9 Å². The molecule has 0 saturated heterocycles. The monoisotopic (exact) mass is 345 g/mol. The largest absolute Gasteiger partial charge is 0.408 e. The molecule has 0 saturated carbocycles. The van der Waals surface area contributed by atoms with Gasteiger partial charge in [-0.15, -0.1) is 0 Å². The van der Waals surface area contributed by atoms with Crippen molar-refractivity contribution in [3.05, 3.63) is 32.6 Å². The molecule has 0 aromatic carbocycles. The Morgan fingerprint density at radius 1 is 1.61 bits per heavy atom. The van der Waals surface area contributed by atoms with E-state index in [4.69, 9.17) is 11.6 Å². The Morgan fingerprint density at radius 3 is 2.72 bits per heavy atom. The van der Waals surface area contributed by atoms with Gasteiger partial charge in [-0.1, -0.05) is 18.2 Å². The van der Waals surface area contributed by atoms with E-state index in [1.165, 1.54) is 0 Å². The van der Waals surface area contributed by atoms with E-state index in [2.05, 4.69) is 32.9 Å². The number of nitrogens with one attached hydrogen (secondary N) is 1. The first-order valence-corrected chi connectivity index (χ1v) is 5.77. The normalized spacial score (nSPS) is 11.4. The predicted molar refractivity (Wildman–Crippen MR) is 65.7 cm³/mol. The lowest BCUT2D eigenvalue weighted by molar-refractivity contribution is -0.143. The zero-order valence-electron chi connectivity index (χ0n) is 8.89. The number of nitrogens with zero attached hydrogens (tertiary/aromatic N) is 2. The van der Waals surface area contributed by atoms with Crippen molar-refractivity contribution in [3.8, 4) is 0 Å². The summed E-state index contributed by atoms with van der Waals surface area (Å²) >= 11 is 8.43. The SMILES string of the molecule is C=C(Cl)CNc1cnn(CC(F)(F)F)c(=O)c1Br. The van der Waals surface area contributed by atoms with Crippen LogP contribution in [0.4, 0.5) is 18.9 Å². The number of anilines is 1. The standard InChI is InChI=1S/C9H8BrClF3N3O/c1-5(11)2-15-6-3-16-17(4-9(12,13)14)8(18)7(6)10/h3,15H,1-2,4H2. The Labute approximate surface area is 114 Å². The minimum Gasteiger partial charge on any atom is -0.378 e. The van der Waals surface area contributed by atoms with Crippen LogP contribution in [0, 0.1) is 0 Å². The lowest BCUT2D eigenvalue weighted by Crippen LogP contribution is -2.31. The van der Waals surface area contributed by atoms with E-state index in [1.807, 2.05) is 0 Å². The van der Waals surface area contributed by atoms with Gasteiger partial charge in [0.05, 0.1) is 18.4 Å². The average molecular weight is 347 g/mol. The molecule has 9 heteroatoms. The molecule has 18 heavy (non-hydrogen) atoms. The highest BCUT2D eigenvalue weighted by atomic mass is 79.9. The zero-order chi connectivity index (χ0) is 13.9. The van der Waals surface area contributed by atoms with Gasteiger partial charge >= 0.3 is 6.18 Å². The molecule has 0 aliphatic rings. The summed E-state index contributed by atoms with van der Waals surface area (Å²) in [6, 6.07) is 0. The van der Waals surface area contributed by atoms with E-state index in [1.54, 1.807) is 0 Å². The number of aromatic nitrogens is 2. The zero-order valence-corrected chi connectivity index (χ0v) is 11.2. The van der Waals surface area contributed by atoms with Crippen molar-refractivity contribution in [2.45, 2.75) is 12.7 Å². The van der Waals surface area contributed by atoms with Gasteiger partial charge in [-0.25, -0.2) is 4.68 Å². The van der Waals surface area contributed by atoms with Crippen molar-refractivity contribution in [3.63, 3.8) is 0 Å². The first-order valence-electron chi connectivity index (χ1n) is 4.60. The summed E-state index contributed by atoms with van der Waals surface area (Å²) in [5, 5.41) is 6.42. The smallest absolute Gasteiger partial charge is 0.378 e. The van der Waals surface area contributed by atoms with Crippen molar-refractivity contribution < 1.29 is 13.2 Å². The highest BCUT2D eigenvalue weighted by Crippen LogP contribution is 2.19. The van der Waals surface area contributed by atoms with Crippen molar-refractivity contribution in [2.24, 2.45) is 0 Å². The van der Waals surface area contributed by atoms with Gasteiger partial charge in [0, 0.05) is 5.03 Å². The number of halogens is 5. The van der Waals surface area contributed by atoms with Crippen LogP contribution in [-0.2, 0) is 6.54 Å². The molecule has 1 N–H and O–H groups in total. The third kappa shape index (κ3) is 4.34. The fourth-order valence-corrected chi connectivity index (χ4v) is 1.58. The van der Waals surface area contributed by atoms with Gasteiger partial charge in [0.1, 0.15) is 11.0 Å². The molecule has 1 heterocycles. The molecule has 1 aromatic rings. The Balaban J connectivity index is 2.98. The fourth-order valence-electron chi connectivity index (χ4n) is 1.06. The molecule has 0 bridgehead atoms. The predicted octanol–water partition coefficient (Wildman–Crippen LogP) is 2.73. The minimum atomic E-state index is -4.50. The Hall–Kier alpha value is -1.02. The van der Waals surface area contributed by atoms with Crippen molar-refractivity contribution >= 4 is 33.2 Å². The Morgan fingerprint density at radius 2 is 2.22 bits per heavy atom. The number of hydrogen-bond acceptors (Lipinski definition) is 3. The molecular weight excluding hydrogens is 338 g/mol. The molecule has 0 amide bonds. The molecule has 0 spiro atoms. The second-order valence-corrected chi connectivity index (χ2v) is 4.65. The number of rotatable bonds is 4. The van der Waals surface area contributed by atoms with Crippen molar-refractivity contribution in [1.29, 1.82) is 0 Å². The molecule has 0 radical (unpaired) electrons. The summed E-state index contributed by atoms with van der Waals surface area (Å²) in [6.45, 7) is 2.16. The molecule has 100 valence electrons. The van der Waals surface area contributed by atoms with Crippen LogP contribution in [0.1, 0.15) is 0 Å². The molecule has 0 fully saturated rings. The maximum absolute atomic E-state index is 12.1. The second-order valence-electron chi connectivity index (χ2n) is 3.32. The molecule has 4 nitrogen and oxygen atoms in total. The van der Waals surface area contributed by atoms with Crippen LogP contribution < -0.4 is 10.9 Å². The van der Waals surface area contributed by atoms with Gasteiger partial charge in [-0.3, -0.25) is 4.79 Å². The quantitative estimate of drug-likeness (QED) is 0.912. The fraction of sp³-hybridized carbons (Fsp3) is 0.333. The van der Waals surface area contributed by atoms with Crippen LogP contribution in [0.25, 0.3) is 0 Å². The topological polar surface area (TPSA) is 46.9 Å². The van der Waals surface area contributed by atoms with Gasteiger partial charge in [-0.2, -0.15) is 18.3 Å². The van der Waals surface area contributed by atoms with E-state index in [-0.39, 0.29) is 16.7 Å². The van der Waals surface area contributed by atoms with Crippen LogP contribution in [0.5, 0.6) is 0 Å². The summed E-state index contributed by atoms with van der Waals surface area (Å²) < 4.78 is 36.7. The highest BCUT2D eigenvalue weighted by molar-refractivity contribution is 9.10. The van der Waals surface area contributed by atoms with E-state index in [0.29, 0.717) is 9.71 Å². The number of hydrogen-bond donors (Lipinski definition) is 1. The first kappa shape index (κ1) is 15.0. The molecule has 0 atom stereocenters. The van der Waals surface area contributed by atoms with Crippen molar-refractivity contribution in [2.75, 3.05) is 11.9 Å². The molecular formula is C9H8BrClF3N3O. The summed E-state index contributed by atoms with van der Waals surface area (Å²) in [7, 11) is 0. The average Bonchev–Trinajstić information content (AvgIpc) is 2.22. The van der Waals surface area contributed by atoms with Gasteiger partial charge in [0.15, 0.2) is 0 Å². The molecule has 0 aliphatic carbocycles. The molecule has 0 unspecified atom stereocenters.